The Balaban J connectivity index is 1.39. The standard InChI is InChI=1S/C20H21N7O/c1-13(28)22-15-4-6-16(7-5-15)26-11-19-21-8-9-27(19)20(12-26)23-18-10-17(24-25-18)14-2-3-14/h4-10,12,14H,2-3,11H2,1H3,(H,22,28)(H2,23,24,25)/p+1. The third kappa shape index (κ3) is 3.29. The predicted molar refractivity (Wildman–Crippen MR) is 108 cm³/mol. The summed E-state index contributed by atoms with van der Waals surface area (Å²) in [5.74, 6) is 3.38. The molecule has 4 N–H and O–H groups in total. The SMILES string of the molecule is CC(=O)Nc1ccc(N2C=C(Nc3cc(C4CC4)[nH]n3)[NH+]3C=CN=C3C2)cc1. The number of hydrogen-bond donors (Lipinski definition) is 4. The number of aliphatic imine (C=N–C) groups is 1. The van der Waals surface area contributed by atoms with E-state index in [0.29, 0.717) is 12.5 Å². The van der Waals surface area contributed by atoms with Crippen LogP contribution in [0.25, 0.3) is 0 Å². The van der Waals surface area contributed by atoms with Crippen LogP contribution in [0.2, 0.25) is 0 Å². The first-order valence-electron chi connectivity index (χ1n) is 9.45. The van der Waals surface area contributed by atoms with Crippen molar-refractivity contribution < 1.29 is 9.69 Å². The van der Waals surface area contributed by atoms with Gasteiger partial charge < -0.3 is 10.2 Å². The summed E-state index contributed by atoms with van der Waals surface area (Å²) in [5, 5.41) is 13.8. The zero-order chi connectivity index (χ0) is 19.1. The van der Waals surface area contributed by atoms with E-state index in [1.807, 2.05) is 36.7 Å². The predicted octanol–water partition coefficient (Wildman–Crippen LogP) is 1.74. The van der Waals surface area contributed by atoms with Crippen LogP contribution in [0.5, 0.6) is 0 Å². The van der Waals surface area contributed by atoms with Gasteiger partial charge in [-0.2, -0.15) is 5.10 Å². The molecule has 0 bridgehead atoms. The number of benzene rings is 1. The molecule has 3 heterocycles. The summed E-state index contributed by atoms with van der Waals surface area (Å²) in [6.07, 6.45) is 8.43. The fourth-order valence-corrected chi connectivity index (χ4v) is 3.52. The molecule has 28 heavy (non-hydrogen) atoms. The van der Waals surface area contributed by atoms with Crippen molar-refractivity contribution in [1.82, 2.24) is 10.2 Å². The van der Waals surface area contributed by atoms with Crippen LogP contribution in [0.3, 0.4) is 0 Å². The van der Waals surface area contributed by atoms with E-state index in [9.17, 15) is 4.79 Å². The van der Waals surface area contributed by atoms with Crippen LogP contribution in [-0.2, 0) is 4.79 Å². The van der Waals surface area contributed by atoms with Crippen LogP contribution in [0.1, 0.15) is 31.4 Å². The summed E-state index contributed by atoms with van der Waals surface area (Å²) >= 11 is 0. The van der Waals surface area contributed by atoms with Gasteiger partial charge in [0.05, 0.1) is 12.4 Å². The summed E-state index contributed by atoms with van der Waals surface area (Å²) in [6, 6.07) is 9.89. The second kappa shape index (κ2) is 6.65. The number of amides is 1. The van der Waals surface area contributed by atoms with Crippen LogP contribution in [0, 0.1) is 0 Å². The maximum absolute atomic E-state index is 11.2. The largest absolute Gasteiger partial charge is 0.329 e. The molecule has 1 unspecified atom stereocenters. The Labute approximate surface area is 162 Å². The molecule has 5 rings (SSSR count). The Hall–Kier alpha value is -3.39. The lowest BCUT2D eigenvalue weighted by Gasteiger charge is -2.28. The highest BCUT2D eigenvalue weighted by molar-refractivity contribution is 5.89. The molecule has 0 saturated heterocycles. The summed E-state index contributed by atoms with van der Waals surface area (Å²) in [5.41, 5.74) is 3.01. The highest BCUT2D eigenvalue weighted by Gasteiger charge is 2.32. The van der Waals surface area contributed by atoms with Crippen LogP contribution in [0.4, 0.5) is 17.2 Å². The van der Waals surface area contributed by atoms with Crippen molar-refractivity contribution in [2.75, 3.05) is 22.1 Å². The Morgan fingerprint density at radius 1 is 1.29 bits per heavy atom. The number of nitrogens with one attached hydrogen (secondary N) is 4. The van der Waals surface area contributed by atoms with E-state index in [2.05, 4.69) is 43.0 Å². The van der Waals surface area contributed by atoms with Crippen molar-refractivity contribution in [3.63, 3.8) is 0 Å². The Bertz CT molecular complexity index is 998. The van der Waals surface area contributed by atoms with Gasteiger partial charge in [-0.1, -0.05) is 0 Å². The van der Waals surface area contributed by atoms with Gasteiger partial charge >= 0.3 is 0 Å². The monoisotopic (exact) mass is 376 g/mol. The first-order valence-corrected chi connectivity index (χ1v) is 9.45. The molecule has 1 aromatic heterocycles. The molecule has 1 aromatic carbocycles. The van der Waals surface area contributed by atoms with E-state index in [4.69, 9.17) is 0 Å². The van der Waals surface area contributed by atoms with Gasteiger partial charge in [-0.3, -0.25) is 15.2 Å². The average molecular weight is 376 g/mol. The van der Waals surface area contributed by atoms with E-state index in [1.165, 1.54) is 25.5 Å². The number of nitrogens with zero attached hydrogens (tertiary/aromatic N) is 3. The molecule has 1 atom stereocenters. The Morgan fingerprint density at radius 3 is 2.86 bits per heavy atom. The first-order chi connectivity index (χ1) is 13.7. The number of carbonyl (C=O) groups is 1. The van der Waals surface area contributed by atoms with Crippen molar-refractivity contribution in [1.29, 1.82) is 0 Å². The number of H-pyrrole nitrogens is 1. The van der Waals surface area contributed by atoms with E-state index in [-0.39, 0.29) is 5.91 Å². The number of quaternary nitrogens is 1. The van der Waals surface area contributed by atoms with Gasteiger partial charge in [-0.05, 0) is 37.1 Å². The van der Waals surface area contributed by atoms with Gasteiger partial charge in [0.2, 0.25) is 17.6 Å². The molecule has 8 nitrogen and oxygen atoms in total. The van der Waals surface area contributed by atoms with Crippen LogP contribution in [-0.4, -0.2) is 28.5 Å². The smallest absolute Gasteiger partial charge is 0.232 e. The van der Waals surface area contributed by atoms with Gasteiger partial charge in [0.15, 0.2) is 5.82 Å². The molecule has 2 aliphatic heterocycles. The average Bonchev–Trinajstić information content (AvgIpc) is 3.23. The lowest BCUT2D eigenvalue weighted by atomic mass is 10.2. The highest BCUT2D eigenvalue weighted by Crippen LogP contribution is 2.39. The maximum atomic E-state index is 11.2. The zero-order valence-corrected chi connectivity index (χ0v) is 15.6. The van der Waals surface area contributed by atoms with Crippen LogP contribution >= 0.6 is 0 Å². The second-order valence-electron chi connectivity index (χ2n) is 7.31. The number of hydrogen-bond acceptors (Lipinski definition) is 5. The molecule has 0 radical (unpaired) electrons. The van der Waals surface area contributed by atoms with Crippen molar-refractivity contribution in [2.24, 2.45) is 4.99 Å². The highest BCUT2D eigenvalue weighted by atomic mass is 16.1. The molecule has 0 spiro atoms. The minimum absolute atomic E-state index is 0.0766. The van der Waals surface area contributed by atoms with Crippen molar-refractivity contribution in [3.05, 3.63) is 60.4 Å². The molecule has 3 aliphatic rings. The molecular weight excluding hydrogens is 354 g/mol. The molecule has 1 amide bonds. The number of rotatable bonds is 5. The van der Waals surface area contributed by atoms with E-state index in [0.717, 1.165) is 33.7 Å². The van der Waals surface area contributed by atoms with E-state index < -0.39 is 0 Å². The molecule has 2 aromatic rings. The van der Waals surface area contributed by atoms with Crippen LogP contribution < -0.4 is 20.4 Å². The number of aromatic amines is 1. The molecule has 1 aliphatic carbocycles. The van der Waals surface area contributed by atoms with E-state index in [1.54, 1.807) is 0 Å². The maximum Gasteiger partial charge on any atom is 0.232 e. The lowest BCUT2D eigenvalue weighted by Crippen LogP contribution is -3.10. The topological polar surface area (TPSA) is 89.9 Å². The van der Waals surface area contributed by atoms with Crippen LogP contribution in [0.15, 0.2) is 59.7 Å². The van der Waals surface area contributed by atoms with Gasteiger partial charge in [0.25, 0.3) is 0 Å². The number of anilines is 3. The third-order valence-electron chi connectivity index (χ3n) is 5.07. The van der Waals surface area contributed by atoms with Crippen molar-refractivity contribution in [3.8, 4) is 0 Å². The molecule has 1 saturated carbocycles. The summed E-state index contributed by atoms with van der Waals surface area (Å²) < 4.78 is 0. The quantitative estimate of drug-likeness (QED) is 0.640. The fraction of sp³-hybridized carbons (Fsp3) is 0.250. The zero-order valence-electron chi connectivity index (χ0n) is 15.6. The fourth-order valence-electron chi connectivity index (χ4n) is 3.52. The normalized spacial score (nSPS) is 20.5. The number of fused-ring (bicyclic) bond motifs is 1. The minimum Gasteiger partial charge on any atom is -0.329 e. The Morgan fingerprint density at radius 2 is 2.11 bits per heavy atom. The van der Waals surface area contributed by atoms with E-state index >= 15 is 0 Å². The van der Waals surface area contributed by atoms with Crippen molar-refractivity contribution >= 4 is 28.9 Å². The number of aromatic nitrogens is 2. The Kier molecular flexibility index (Phi) is 3.98. The summed E-state index contributed by atoms with van der Waals surface area (Å²) in [7, 11) is 0. The first kappa shape index (κ1) is 16.8. The van der Waals surface area contributed by atoms with Gasteiger partial charge in [0.1, 0.15) is 12.7 Å². The summed E-state index contributed by atoms with van der Waals surface area (Å²) in [6.45, 7) is 2.20. The van der Waals surface area contributed by atoms with Gasteiger partial charge in [-0.15, -0.1) is 0 Å². The molecule has 1 fully saturated rings. The van der Waals surface area contributed by atoms with Gasteiger partial charge in [-0.25, -0.2) is 9.89 Å². The molecular formula is C20H22N7O+. The number of carbonyl (C=O) groups excluding carboxylic acids is 1. The second-order valence-corrected chi connectivity index (χ2v) is 7.31. The lowest BCUT2D eigenvalue weighted by molar-refractivity contribution is -0.698. The molecule has 142 valence electrons. The summed E-state index contributed by atoms with van der Waals surface area (Å²) in [4.78, 5) is 19.0. The van der Waals surface area contributed by atoms with Gasteiger partial charge in [0, 0.05) is 36.0 Å². The third-order valence-corrected chi connectivity index (χ3v) is 5.07. The molecule has 8 heteroatoms. The minimum atomic E-state index is -0.0766. The number of amidine groups is 1. The van der Waals surface area contributed by atoms with Crippen molar-refractivity contribution in [2.45, 2.75) is 25.7 Å².